The number of rotatable bonds is 8. The van der Waals surface area contributed by atoms with Crippen molar-refractivity contribution in [3.8, 4) is 6.07 Å². The van der Waals surface area contributed by atoms with E-state index in [0.29, 0.717) is 12.8 Å². The molecular formula is C19H25N3O5S. The molecule has 0 unspecified atom stereocenters. The molecule has 9 heteroatoms. The van der Waals surface area contributed by atoms with Gasteiger partial charge in [0.15, 0.2) is 6.61 Å². The van der Waals surface area contributed by atoms with Crippen LogP contribution in [-0.2, 0) is 24.3 Å². The molecule has 2 N–H and O–H groups in total. The third-order valence-corrected chi connectivity index (χ3v) is 6.09. The highest BCUT2D eigenvalue weighted by molar-refractivity contribution is 7.89. The normalized spacial score (nSPS) is 16.0. The Labute approximate surface area is 165 Å². The highest BCUT2D eigenvalue weighted by Crippen LogP contribution is 2.27. The van der Waals surface area contributed by atoms with Crippen LogP contribution in [0.1, 0.15) is 44.1 Å². The number of nitriles is 1. The number of esters is 1. The van der Waals surface area contributed by atoms with E-state index in [1.54, 1.807) is 12.1 Å². The van der Waals surface area contributed by atoms with Gasteiger partial charge in [0.1, 0.15) is 5.54 Å². The van der Waals surface area contributed by atoms with Crippen molar-refractivity contribution in [2.24, 2.45) is 0 Å². The van der Waals surface area contributed by atoms with Crippen molar-refractivity contribution in [2.75, 3.05) is 13.2 Å². The lowest BCUT2D eigenvalue weighted by molar-refractivity contribution is -0.148. The molecule has 1 amide bonds. The summed E-state index contributed by atoms with van der Waals surface area (Å²) < 4.78 is 31.4. The molecule has 1 saturated carbocycles. The number of hydrogen-bond acceptors (Lipinski definition) is 6. The zero-order valence-electron chi connectivity index (χ0n) is 15.9. The van der Waals surface area contributed by atoms with E-state index in [-0.39, 0.29) is 17.9 Å². The van der Waals surface area contributed by atoms with E-state index in [9.17, 15) is 23.3 Å². The monoisotopic (exact) mass is 407 g/mol. The first-order valence-electron chi connectivity index (χ1n) is 9.21. The number of nitrogens with zero attached hydrogens (tertiary/aromatic N) is 1. The van der Waals surface area contributed by atoms with Gasteiger partial charge in [0, 0.05) is 6.54 Å². The summed E-state index contributed by atoms with van der Waals surface area (Å²) in [6.45, 7) is 1.22. The van der Waals surface area contributed by atoms with Crippen molar-refractivity contribution >= 4 is 21.9 Å². The molecule has 1 aromatic carbocycles. The van der Waals surface area contributed by atoms with Crippen LogP contribution in [0.2, 0.25) is 0 Å². The van der Waals surface area contributed by atoms with Crippen molar-refractivity contribution in [1.29, 1.82) is 5.26 Å². The molecule has 152 valence electrons. The van der Waals surface area contributed by atoms with Gasteiger partial charge >= 0.3 is 5.97 Å². The molecule has 28 heavy (non-hydrogen) atoms. The average molecular weight is 407 g/mol. The van der Waals surface area contributed by atoms with Crippen LogP contribution in [-0.4, -0.2) is 39.0 Å². The summed E-state index contributed by atoms with van der Waals surface area (Å²) in [6, 6.07) is 8.49. The van der Waals surface area contributed by atoms with Gasteiger partial charge in [-0.25, -0.2) is 13.1 Å². The summed E-state index contributed by atoms with van der Waals surface area (Å²) in [5.41, 5.74) is 0.0537. The first-order chi connectivity index (χ1) is 13.3. The minimum atomic E-state index is -3.71. The quantitative estimate of drug-likeness (QED) is 0.630. The SMILES string of the molecule is Cc1ccc(S(=O)(=O)NCCC(=O)OCC(=O)NC2(C#N)CCCCC2)cc1. The molecule has 0 heterocycles. The van der Waals surface area contributed by atoms with Crippen LogP contribution in [0.15, 0.2) is 29.2 Å². The van der Waals surface area contributed by atoms with Crippen molar-refractivity contribution in [3.05, 3.63) is 29.8 Å². The Morgan fingerprint density at radius 2 is 1.82 bits per heavy atom. The van der Waals surface area contributed by atoms with E-state index in [1.807, 2.05) is 6.92 Å². The van der Waals surface area contributed by atoms with Gasteiger partial charge in [-0.1, -0.05) is 37.0 Å². The van der Waals surface area contributed by atoms with Gasteiger partial charge in [-0.05, 0) is 31.9 Å². The maximum atomic E-state index is 12.1. The number of carbonyl (C=O) groups is 2. The predicted molar refractivity (Wildman–Crippen MR) is 102 cm³/mol. The molecule has 0 aromatic heterocycles. The predicted octanol–water partition coefficient (Wildman–Crippen LogP) is 1.55. The molecule has 0 atom stereocenters. The summed E-state index contributed by atoms with van der Waals surface area (Å²) in [4.78, 5) is 23.8. The fraction of sp³-hybridized carbons (Fsp3) is 0.526. The highest BCUT2D eigenvalue weighted by atomic mass is 32.2. The minimum absolute atomic E-state index is 0.111. The lowest BCUT2D eigenvalue weighted by Gasteiger charge is -2.31. The van der Waals surface area contributed by atoms with Gasteiger partial charge in [0.05, 0.1) is 17.4 Å². The topological polar surface area (TPSA) is 125 Å². The lowest BCUT2D eigenvalue weighted by atomic mass is 9.83. The Kier molecular flexibility index (Phi) is 7.54. The Morgan fingerprint density at radius 3 is 2.43 bits per heavy atom. The largest absolute Gasteiger partial charge is 0.456 e. The average Bonchev–Trinajstić information content (AvgIpc) is 2.67. The Morgan fingerprint density at radius 1 is 1.18 bits per heavy atom. The number of aryl methyl sites for hydroxylation is 1. The van der Waals surface area contributed by atoms with Gasteiger partial charge in [-0.3, -0.25) is 9.59 Å². The Hall–Kier alpha value is -2.44. The zero-order chi connectivity index (χ0) is 20.6. The molecule has 0 aliphatic heterocycles. The first kappa shape index (κ1) is 21.9. The van der Waals surface area contributed by atoms with Crippen LogP contribution < -0.4 is 10.0 Å². The van der Waals surface area contributed by atoms with Gasteiger partial charge in [0.2, 0.25) is 10.0 Å². The van der Waals surface area contributed by atoms with Crippen LogP contribution in [0, 0.1) is 18.3 Å². The van der Waals surface area contributed by atoms with Crippen LogP contribution >= 0.6 is 0 Å². The van der Waals surface area contributed by atoms with Crippen molar-refractivity contribution in [2.45, 2.75) is 55.9 Å². The van der Waals surface area contributed by atoms with Gasteiger partial charge in [-0.15, -0.1) is 0 Å². The summed E-state index contributed by atoms with van der Waals surface area (Å²) in [7, 11) is -3.71. The second-order valence-corrected chi connectivity index (χ2v) is 8.69. The van der Waals surface area contributed by atoms with Crippen LogP contribution in [0.5, 0.6) is 0 Å². The third-order valence-electron chi connectivity index (χ3n) is 4.62. The molecule has 2 rings (SSSR count). The van der Waals surface area contributed by atoms with E-state index in [1.165, 1.54) is 12.1 Å². The molecular weight excluding hydrogens is 382 g/mol. The maximum absolute atomic E-state index is 12.1. The van der Waals surface area contributed by atoms with Crippen LogP contribution in [0.25, 0.3) is 0 Å². The van der Waals surface area contributed by atoms with Crippen LogP contribution in [0.3, 0.4) is 0 Å². The minimum Gasteiger partial charge on any atom is -0.456 e. The number of sulfonamides is 1. The standard InChI is InChI=1S/C19H25N3O5S/c1-15-5-7-16(8-6-15)28(25,26)21-12-9-18(24)27-13-17(23)22-19(14-20)10-3-2-4-11-19/h5-8,21H,2-4,9-13H2,1H3,(H,22,23). The fourth-order valence-electron chi connectivity index (χ4n) is 3.03. The number of hydrogen-bond donors (Lipinski definition) is 2. The smallest absolute Gasteiger partial charge is 0.307 e. The van der Waals surface area contributed by atoms with Crippen molar-refractivity contribution < 1.29 is 22.7 Å². The summed E-state index contributed by atoms with van der Waals surface area (Å²) >= 11 is 0. The van der Waals surface area contributed by atoms with Gasteiger partial charge in [0.25, 0.3) is 5.91 Å². The van der Waals surface area contributed by atoms with E-state index >= 15 is 0 Å². The second kappa shape index (κ2) is 9.66. The molecule has 0 spiro atoms. The first-order valence-corrected chi connectivity index (χ1v) is 10.7. The van der Waals surface area contributed by atoms with E-state index < -0.39 is 34.0 Å². The lowest BCUT2D eigenvalue weighted by Crippen LogP contribution is -2.50. The molecule has 8 nitrogen and oxygen atoms in total. The summed E-state index contributed by atoms with van der Waals surface area (Å²) in [5.74, 6) is -1.23. The van der Waals surface area contributed by atoms with E-state index in [4.69, 9.17) is 4.74 Å². The zero-order valence-corrected chi connectivity index (χ0v) is 16.7. The number of ether oxygens (including phenoxy) is 1. The van der Waals surface area contributed by atoms with Crippen molar-refractivity contribution in [3.63, 3.8) is 0 Å². The van der Waals surface area contributed by atoms with Crippen molar-refractivity contribution in [1.82, 2.24) is 10.0 Å². The Bertz CT molecular complexity index is 837. The number of carbonyl (C=O) groups excluding carboxylic acids is 2. The van der Waals surface area contributed by atoms with E-state index in [0.717, 1.165) is 24.8 Å². The third kappa shape index (κ3) is 6.32. The van der Waals surface area contributed by atoms with Crippen LogP contribution in [0.4, 0.5) is 0 Å². The molecule has 1 fully saturated rings. The molecule has 1 aliphatic carbocycles. The molecule has 1 aliphatic rings. The van der Waals surface area contributed by atoms with E-state index in [2.05, 4.69) is 16.1 Å². The molecule has 0 saturated heterocycles. The molecule has 1 aromatic rings. The summed E-state index contributed by atoms with van der Waals surface area (Å²) in [6.07, 6.45) is 3.74. The van der Waals surface area contributed by atoms with Gasteiger partial charge in [-0.2, -0.15) is 5.26 Å². The molecule has 0 radical (unpaired) electrons. The number of amides is 1. The fourth-order valence-corrected chi connectivity index (χ4v) is 4.06. The summed E-state index contributed by atoms with van der Waals surface area (Å²) in [5, 5.41) is 12.0. The van der Waals surface area contributed by atoms with Gasteiger partial charge < -0.3 is 10.1 Å². The maximum Gasteiger partial charge on any atom is 0.307 e. The second-order valence-electron chi connectivity index (χ2n) is 6.92. The number of benzene rings is 1. The highest BCUT2D eigenvalue weighted by Gasteiger charge is 2.33. The Balaban J connectivity index is 1.73. The number of nitrogens with one attached hydrogen (secondary N) is 2. The molecule has 0 bridgehead atoms.